The van der Waals surface area contributed by atoms with Crippen LogP contribution in [0.3, 0.4) is 0 Å². The van der Waals surface area contributed by atoms with Crippen molar-refractivity contribution in [2.75, 3.05) is 19.7 Å². The van der Waals surface area contributed by atoms with Crippen LogP contribution in [0, 0.1) is 0 Å². The average molecular weight is 774 g/mol. The molecular formula is C42H46Cl2N4O6. The van der Waals surface area contributed by atoms with E-state index in [0.717, 1.165) is 45.0 Å². The summed E-state index contributed by atoms with van der Waals surface area (Å²) in [5.41, 5.74) is 5.96. The Morgan fingerprint density at radius 2 is 1.15 bits per heavy atom. The maximum absolute atomic E-state index is 12.1. The number of aromatic amines is 2. The van der Waals surface area contributed by atoms with E-state index in [1.54, 1.807) is 49.4 Å². The number of halogens is 2. The Morgan fingerprint density at radius 1 is 0.704 bits per heavy atom. The first kappa shape index (κ1) is 40.5. The van der Waals surface area contributed by atoms with Gasteiger partial charge in [0, 0.05) is 58.4 Å². The molecule has 7 N–H and O–H groups in total. The molecule has 0 aliphatic rings. The number of aliphatic hydroxyl groups excluding tert-OH is 2. The molecule has 54 heavy (non-hydrogen) atoms. The number of hydrogen-bond donors (Lipinski definition) is 7. The summed E-state index contributed by atoms with van der Waals surface area (Å²) in [6.07, 6.45) is 3.99. The summed E-state index contributed by atoms with van der Waals surface area (Å²) in [5.74, 6) is -1.27. The number of fused-ring (bicyclic) bond motifs is 2. The SMILES string of the molecule is CCOC(=O)c1cccc2c(C[C@@H](C)NC[C@H](O)c3cccc(Cl)c3)c[nH]c12.C[C@H](Cc1c[nH]c2c(C(=O)O)cccc12)NC[C@H](O)c1cccc(Cl)c1. The van der Waals surface area contributed by atoms with Gasteiger partial charge in [-0.1, -0.05) is 71.7 Å². The third-order valence-electron chi connectivity index (χ3n) is 9.17. The summed E-state index contributed by atoms with van der Waals surface area (Å²) in [7, 11) is 0. The Morgan fingerprint density at radius 3 is 1.59 bits per heavy atom. The van der Waals surface area contributed by atoms with Crippen LogP contribution >= 0.6 is 23.2 Å². The Kier molecular flexibility index (Phi) is 14.3. The Balaban J connectivity index is 0.000000208. The first-order chi connectivity index (χ1) is 25.9. The average Bonchev–Trinajstić information content (AvgIpc) is 3.76. The zero-order chi connectivity index (χ0) is 38.8. The van der Waals surface area contributed by atoms with Crippen LogP contribution in [0.4, 0.5) is 0 Å². The summed E-state index contributed by atoms with van der Waals surface area (Å²) in [5, 5.41) is 39.7. The molecule has 0 spiro atoms. The van der Waals surface area contributed by atoms with Gasteiger partial charge in [-0.25, -0.2) is 9.59 Å². The van der Waals surface area contributed by atoms with E-state index < -0.39 is 18.2 Å². The first-order valence-corrected chi connectivity index (χ1v) is 18.6. The minimum absolute atomic E-state index is 0.108. The number of aliphatic hydroxyl groups is 2. The van der Waals surface area contributed by atoms with Crippen molar-refractivity contribution in [1.82, 2.24) is 20.6 Å². The molecule has 4 aromatic carbocycles. The predicted octanol–water partition coefficient (Wildman–Crippen LogP) is 8.03. The molecule has 4 atom stereocenters. The minimum Gasteiger partial charge on any atom is -0.478 e. The first-order valence-electron chi connectivity index (χ1n) is 17.9. The van der Waals surface area contributed by atoms with Crippen LogP contribution in [0.2, 0.25) is 10.0 Å². The molecule has 0 unspecified atom stereocenters. The highest BCUT2D eigenvalue weighted by Crippen LogP contribution is 2.25. The van der Waals surface area contributed by atoms with E-state index in [4.69, 9.17) is 27.9 Å². The van der Waals surface area contributed by atoms with Gasteiger partial charge in [0.05, 0.1) is 41.0 Å². The highest BCUT2D eigenvalue weighted by atomic mass is 35.5. The van der Waals surface area contributed by atoms with Crippen LogP contribution in [0.5, 0.6) is 0 Å². The van der Waals surface area contributed by atoms with E-state index in [9.17, 15) is 24.9 Å². The number of ether oxygens (including phenoxy) is 1. The van der Waals surface area contributed by atoms with E-state index in [-0.39, 0.29) is 23.6 Å². The highest BCUT2D eigenvalue weighted by molar-refractivity contribution is 6.30. The summed E-state index contributed by atoms with van der Waals surface area (Å²) in [6.45, 7) is 7.08. The fourth-order valence-electron chi connectivity index (χ4n) is 6.41. The lowest BCUT2D eigenvalue weighted by molar-refractivity contribution is 0.0528. The van der Waals surface area contributed by atoms with E-state index in [0.29, 0.717) is 47.2 Å². The van der Waals surface area contributed by atoms with Crippen LogP contribution in [0.15, 0.2) is 97.3 Å². The summed E-state index contributed by atoms with van der Waals surface area (Å²) >= 11 is 11.9. The fraction of sp³-hybridized carbons (Fsp3) is 0.286. The monoisotopic (exact) mass is 772 g/mol. The zero-order valence-electron chi connectivity index (χ0n) is 30.4. The van der Waals surface area contributed by atoms with Crippen LogP contribution in [0.1, 0.15) is 75.9 Å². The minimum atomic E-state index is -0.945. The largest absolute Gasteiger partial charge is 0.478 e. The molecule has 0 aliphatic carbocycles. The van der Waals surface area contributed by atoms with E-state index in [2.05, 4.69) is 27.5 Å². The lowest BCUT2D eigenvalue weighted by Gasteiger charge is -2.17. The lowest BCUT2D eigenvalue weighted by atomic mass is 10.0. The number of para-hydroxylation sites is 2. The van der Waals surface area contributed by atoms with Crippen molar-refractivity contribution >= 4 is 56.9 Å². The number of rotatable bonds is 15. The van der Waals surface area contributed by atoms with Crippen LogP contribution in [-0.4, -0.2) is 69.0 Å². The van der Waals surface area contributed by atoms with Crippen molar-refractivity contribution in [1.29, 1.82) is 0 Å². The number of hydrogen-bond acceptors (Lipinski definition) is 7. The van der Waals surface area contributed by atoms with Gasteiger partial charge in [0.25, 0.3) is 0 Å². The topological polar surface area (TPSA) is 160 Å². The standard InChI is InChI=1S/C22H25ClN2O3.C20H21ClN2O3/c1-3-28-22(27)19-9-5-8-18-16(12-25-21(18)19)10-14(2)24-13-20(26)15-6-4-7-17(23)11-15;1-12(22-11-18(24)13-4-2-5-15(21)9-13)8-14-10-23-19-16(14)6-3-7-17(19)20(25)26/h4-9,11-12,14,20,24-26H,3,10,13H2,1-2H3;2-7,9-10,12,18,22-24H,8,11H2,1H3,(H,25,26)/t14-,20+;12-,18+/m11/s1. The molecular weight excluding hydrogens is 727 g/mol. The number of aromatic carboxylic acids is 1. The number of carboxylic acid groups (broad SMARTS) is 1. The second-order valence-corrected chi connectivity index (χ2v) is 14.2. The third-order valence-corrected chi connectivity index (χ3v) is 9.64. The molecule has 2 heterocycles. The second kappa shape index (κ2) is 19.1. The van der Waals surface area contributed by atoms with Crippen LogP contribution < -0.4 is 10.6 Å². The number of H-pyrrole nitrogens is 2. The van der Waals surface area contributed by atoms with Gasteiger partial charge in [-0.05, 0) is 92.3 Å². The van der Waals surface area contributed by atoms with Gasteiger partial charge in [0.15, 0.2) is 0 Å². The molecule has 0 saturated heterocycles. The van der Waals surface area contributed by atoms with Gasteiger partial charge in [-0.3, -0.25) is 0 Å². The molecule has 284 valence electrons. The maximum atomic E-state index is 12.1. The Hall–Kier alpha value is -4.68. The van der Waals surface area contributed by atoms with Crippen molar-refractivity contribution < 1.29 is 29.6 Å². The Labute approximate surface area is 324 Å². The summed E-state index contributed by atoms with van der Waals surface area (Å²) in [6, 6.07) is 25.6. The van der Waals surface area contributed by atoms with Gasteiger partial charge in [0.2, 0.25) is 0 Å². The van der Waals surface area contributed by atoms with Crippen molar-refractivity contribution in [2.24, 2.45) is 0 Å². The third kappa shape index (κ3) is 10.5. The normalized spacial score (nSPS) is 13.5. The van der Waals surface area contributed by atoms with Gasteiger partial charge in [-0.15, -0.1) is 0 Å². The Bertz CT molecular complexity index is 2180. The van der Waals surface area contributed by atoms with Crippen molar-refractivity contribution in [3.05, 3.63) is 141 Å². The number of nitrogens with one attached hydrogen (secondary N) is 4. The van der Waals surface area contributed by atoms with E-state index >= 15 is 0 Å². The molecule has 0 amide bonds. The quantitative estimate of drug-likeness (QED) is 0.0517. The number of esters is 1. The van der Waals surface area contributed by atoms with Gasteiger partial charge in [0.1, 0.15) is 0 Å². The molecule has 0 radical (unpaired) electrons. The molecule has 0 bridgehead atoms. The van der Waals surface area contributed by atoms with Crippen molar-refractivity contribution in [3.8, 4) is 0 Å². The molecule has 0 saturated carbocycles. The number of carboxylic acids is 1. The lowest BCUT2D eigenvalue weighted by Crippen LogP contribution is -2.32. The van der Waals surface area contributed by atoms with Gasteiger partial charge < -0.3 is 40.7 Å². The van der Waals surface area contributed by atoms with E-state index in [1.165, 1.54) is 0 Å². The van der Waals surface area contributed by atoms with Crippen LogP contribution in [-0.2, 0) is 17.6 Å². The number of carbonyl (C=O) groups excluding carboxylic acids is 1. The number of benzene rings is 4. The smallest absolute Gasteiger partial charge is 0.340 e. The molecule has 0 fully saturated rings. The molecule has 12 heteroatoms. The van der Waals surface area contributed by atoms with Crippen LogP contribution in [0.25, 0.3) is 21.8 Å². The zero-order valence-corrected chi connectivity index (χ0v) is 31.9. The van der Waals surface area contributed by atoms with E-state index in [1.807, 2.05) is 61.8 Å². The van der Waals surface area contributed by atoms with Crippen molar-refractivity contribution in [3.63, 3.8) is 0 Å². The highest BCUT2D eigenvalue weighted by Gasteiger charge is 2.18. The molecule has 2 aromatic heterocycles. The fourth-order valence-corrected chi connectivity index (χ4v) is 6.81. The second-order valence-electron chi connectivity index (χ2n) is 13.3. The predicted molar refractivity (Wildman–Crippen MR) is 215 cm³/mol. The van der Waals surface area contributed by atoms with Gasteiger partial charge in [-0.2, -0.15) is 0 Å². The molecule has 6 rings (SSSR count). The molecule has 0 aliphatic heterocycles. The number of carbonyl (C=O) groups is 2. The van der Waals surface area contributed by atoms with Gasteiger partial charge >= 0.3 is 11.9 Å². The maximum Gasteiger partial charge on any atom is 0.340 e. The summed E-state index contributed by atoms with van der Waals surface area (Å²) < 4.78 is 5.13. The molecule has 10 nitrogen and oxygen atoms in total. The van der Waals surface area contributed by atoms with Crippen molar-refractivity contribution in [2.45, 2.75) is 57.9 Å². The number of aromatic nitrogens is 2. The molecule has 6 aromatic rings. The summed E-state index contributed by atoms with van der Waals surface area (Å²) in [4.78, 5) is 29.7.